The molecule has 4 aromatic rings. The zero-order valence-corrected chi connectivity index (χ0v) is 22.4. The lowest BCUT2D eigenvalue weighted by Gasteiger charge is -2.33. The standard InChI is InChI=1S/C31H31N2O4P/c1-3-20-38(36)21-31(38,30(35)37-26-18-16-24(17-19-26)23-10-5-4-6-11-23)33(29(34)22(2)32)28-15-9-13-25-12-7-8-14-27(25)28/h4-19,22H,3,20-21,32H2,1-2H3/t22-,31+,38?/m0/s1. The van der Waals surface area contributed by atoms with Gasteiger partial charge in [0.05, 0.1) is 11.7 Å². The summed E-state index contributed by atoms with van der Waals surface area (Å²) >= 11 is 0. The van der Waals surface area contributed by atoms with Crippen molar-refractivity contribution in [2.75, 3.05) is 17.2 Å². The molecule has 0 saturated carbocycles. The first-order valence-corrected chi connectivity index (χ1v) is 14.9. The molecule has 38 heavy (non-hydrogen) atoms. The van der Waals surface area contributed by atoms with E-state index < -0.39 is 30.3 Å². The smallest absolute Gasteiger partial charge is 0.346 e. The minimum Gasteiger partial charge on any atom is -0.424 e. The zero-order valence-electron chi connectivity index (χ0n) is 21.5. The van der Waals surface area contributed by atoms with Gasteiger partial charge in [-0.3, -0.25) is 9.69 Å². The van der Waals surface area contributed by atoms with Gasteiger partial charge >= 0.3 is 5.97 Å². The van der Waals surface area contributed by atoms with Gasteiger partial charge < -0.3 is 15.0 Å². The van der Waals surface area contributed by atoms with Crippen LogP contribution < -0.4 is 15.4 Å². The van der Waals surface area contributed by atoms with Crippen LogP contribution in [-0.4, -0.2) is 35.5 Å². The number of ether oxygens (including phenoxy) is 1. The van der Waals surface area contributed by atoms with Crippen LogP contribution >= 0.6 is 7.14 Å². The van der Waals surface area contributed by atoms with Crippen molar-refractivity contribution in [3.63, 3.8) is 0 Å². The second-order valence-electron chi connectivity index (χ2n) is 9.83. The second-order valence-corrected chi connectivity index (χ2v) is 13.1. The SMILES string of the molecule is CCCP1(=O)C[C@@]1(C(=O)Oc1ccc(-c2ccccc2)cc1)N(C(=O)[C@H](C)N)c1cccc2ccccc12. The summed E-state index contributed by atoms with van der Waals surface area (Å²) in [5.74, 6) is -0.828. The molecule has 1 heterocycles. The van der Waals surface area contributed by atoms with Gasteiger partial charge in [0.15, 0.2) is 0 Å². The number of nitrogens with two attached hydrogens (primary N) is 1. The third-order valence-corrected chi connectivity index (χ3v) is 10.8. The van der Waals surface area contributed by atoms with Gasteiger partial charge in [-0.25, -0.2) is 4.79 Å². The lowest BCUT2D eigenvalue weighted by molar-refractivity contribution is -0.137. The number of amides is 1. The number of anilines is 1. The minimum atomic E-state index is -3.13. The number of carbonyl (C=O) groups excluding carboxylic acids is 2. The predicted octanol–water partition coefficient (Wildman–Crippen LogP) is 6.28. The molecular formula is C31H31N2O4P. The highest BCUT2D eigenvalue weighted by molar-refractivity contribution is 7.75. The highest BCUT2D eigenvalue weighted by Gasteiger charge is 2.75. The van der Waals surface area contributed by atoms with Crippen molar-refractivity contribution in [1.82, 2.24) is 0 Å². The average Bonchev–Trinajstić information content (AvgIpc) is 3.55. The summed E-state index contributed by atoms with van der Waals surface area (Å²) in [6.07, 6.45) is 1.02. The largest absolute Gasteiger partial charge is 0.424 e. The van der Waals surface area contributed by atoms with Crippen molar-refractivity contribution in [1.29, 1.82) is 0 Å². The molecule has 7 heteroatoms. The molecule has 0 bridgehead atoms. The Bertz CT molecular complexity index is 1530. The van der Waals surface area contributed by atoms with Crippen LogP contribution in [0.1, 0.15) is 20.3 Å². The van der Waals surface area contributed by atoms with Gasteiger partial charge in [-0.15, -0.1) is 0 Å². The number of fused-ring (bicyclic) bond motifs is 1. The molecule has 1 aliphatic rings. The number of esters is 1. The van der Waals surface area contributed by atoms with Crippen molar-refractivity contribution in [3.8, 4) is 16.9 Å². The van der Waals surface area contributed by atoms with Crippen molar-refractivity contribution < 1.29 is 18.9 Å². The van der Waals surface area contributed by atoms with Crippen LogP contribution in [0.5, 0.6) is 5.75 Å². The van der Waals surface area contributed by atoms with Gasteiger partial charge in [0.25, 0.3) is 0 Å². The molecular weight excluding hydrogens is 495 g/mol. The lowest BCUT2D eigenvalue weighted by Crippen LogP contribution is -2.54. The van der Waals surface area contributed by atoms with Gasteiger partial charge in [-0.1, -0.05) is 85.8 Å². The molecule has 4 aromatic carbocycles. The zero-order chi connectivity index (χ0) is 26.9. The monoisotopic (exact) mass is 526 g/mol. The van der Waals surface area contributed by atoms with Crippen molar-refractivity contribution in [3.05, 3.63) is 97.1 Å². The summed E-state index contributed by atoms with van der Waals surface area (Å²) in [7, 11) is -3.13. The topological polar surface area (TPSA) is 89.7 Å². The Morgan fingerprint density at radius 3 is 2.24 bits per heavy atom. The predicted molar refractivity (Wildman–Crippen MR) is 153 cm³/mol. The van der Waals surface area contributed by atoms with Gasteiger partial charge in [-0.2, -0.15) is 0 Å². The number of hydrogen-bond acceptors (Lipinski definition) is 5. The van der Waals surface area contributed by atoms with Crippen molar-refractivity contribution in [2.45, 2.75) is 31.6 Å². The van der Waals surface area contributed by atoms with Crippen molar-refractivity contribution in [2.24, 2.45) is 5.73 Å². The Morgan fingerprint density at radius 1 is 0.921 bits per heavy atom. The fourth-order valence-corrected chi connectivity index (χ4v) is 8.75. The number of benzene rings is 4. The van der Waals surface area contributed by atoms with Crippen LogP contribution in [0.4, 0.5) is 5.69 Å². The van der Waals surface area contributed by atoms with Gasteiger partial charge in [0.1, 0.15) is 12.9 Å². The van der Waals surface area contributed by atoms with Crippen LogP contribution in [0.3, 0.4) is 0 Å². The Balaban J connectivity index is 1.57. The molecule has 2 N–H and O–H groups in total. The average molecular weight is 527 g/mol. The van der Waals surface area contributed by atoms with Gasteiger partial charge in [0.2, 0.25) is 11.2 Å². The maximum Gasteiger partial charge on any atom is 0.346 e. The molecule has 194 valence electrons. The molecule has 1 aliphatic heterocycles. The van der Waals surface area contributed by atoms with E-state index >= 15 is 0 Å². The second kappa shape index (κ2) is 10.2. The Hall–Kier alpha value is -3.73. The Labute approximate surface area is 222 Å². The first kappa shape index (κ1) is 25.9. The fourth-order valence-electron chi connectivity index (χ4n) is 5.16. The van der Waals surface area contributed by atoms with Crippen LogP contribution in [0.2, 0.25) is 0 Å². The molecule has 5 rings (SSSR count). The number of rotatable bonds is 8. The third kappa shape index (κ3) is 4.44. The Morgan fingerprint density at radius 2 is 1.55 bits per heavy atom. The van der Waals surface area contributed by atoms with E-state index in [0.29, 0.717) is 24.0 Å². The molecule has 1 saturated heterocycles. The first-order valence-electron chi connectivity index (χ1n) is 12.8. The summed E-state index contributed by atoms with van der Waals surface area (Å²) in [5, 5.41) is 0.0764. The summed E-state index contributed by atoms with van der Waals surface area (Å²) in [5.41, 5.74) is 8.63. The van der Waals surface area contributed by atoms with E-state index in [-0.39, 0.29) is 6.16 Å². The molecule has 3 atom stereocenters. The normalized spacial score (nSPS) is 21.0. The first-order chi connectivity index (χ1) is 18.3. The van der Waals surface area contributed by atoms with E-state index in [1.165, 1.54) is 4.90 Å². The van der Waals surface area contributed by atoms with Crippen molar-refractivity contribution >= 4 is 35.5 Å². The quantitative estimate of drug-likeness (QED) is 0.166. The number of nitrogens with zero attached hydrogens (tertiary/aromatic N) is 1. The number of carbonyl (C=O) groups is 2. The fraction of sp³-hybridized carbons (Fsp3) is 0.226. The van der Waals surface area contributed by atoms with Crippen LogP contribution in [-0.2, 0) is 14.2 Å². The van der Waals surface area contributed by atoms with E-state index in [4.69, 9.17) is 10.5 Å². The minimum absolute atomic E-state index is 0.0659. The van der Waals surface area contributed by atoms with E-state index in [2.05, 4.69) is 0 Å². The summed E-state index contributed by atoms with van der Waals surface area (Å²) < 4.78 is 20.1. The summed E-state index contributed by atoms with van der Waals surface area (Å²) in [6, 6.07) is 29.3. The van der Waals surface area contributed by atoms with Crippen LogP contribution in [0.25, 0.3) is 21.9 Å². The maximum atomic E-state index is 14.2. The van der Waals surface area contributed by atoms with Gasteiger partial charge in [0, 0.05) is 17.7 Å². The molecule has 1 amide bonds. The van der Waals surface area contributed by atoms with Crippen LogP contribution in [0.15, 0.2) is 97.1 Å². The summed E-state index contributed by atoms with van der Waals surface area (Å²) in [4.78, 5) is 29.1. The van der Waals surface area contributed by atoms with Gasteiger partial charge in [-0.05, 0) is 48.1 Å². The third-order valence-electron chi connectivity index (χ3n) is 7.12. The van der Waals surface area contributed by atoms with E-state index in [1.54, 1.807) is 25.1 Å². The molecule has 1 unspecified atom stereocenters. The summed E-state index contributed by atoms with van der Waals surface area (Å²) in [6.45, 7) is 3.50. The lowest BCUT2D eigenvalue weighted by atomic mass is 10.1. The van der Waals surface area contributed by atoms with E-state index in [0.717, 1.165) is 21.9 Å². The molecule has 6 nitrogen and oxygen atoms in total. The molecule has 0 aliphatic carbocycles. The van der Waals surface area contributed by atoms with E-state index in [1.807, 2.05) is 85.8 Å². The molecule has 1 fully saturated rings. The maximum absolute atomic E-state index is 14.2. The highest BCUT2D eigenvalue weighted by Crippen LogP contribution is 2.78. The Kier molecular flexibility index (Phi) is 6.95. The molecule has 0 aromatic heterocycles. The molecule has 0 spiro atoms. The van der Waals surface area contributed by atoms with Crippen LogP contribution in [0, 0.1) is 0 Å². The molecule has 0 radical (unpaired) electrons. The highest BCUT2D eigenvalue weighted by atomic mass is 31.2. The van der Waals surface area contributed by atoms with E-state index in [9.17, 15) is 14.2 Å². The number of hydrogen-bond donors (Lipinski definition) is 1.